The van der Waals surface area contributed by atoms with Crippen LogP contribution in [0.15, 0.2) is 29.5 Å². The Labute approximate surface area is 192 Å². The van der Waals surface area contributed by atoms with E-state index in [1.54, 1.807) is 18.4 Å². The summed E-state index contributed by atoms with van der Waals surface area (Å²) in [5, 5.41) is 6.88. The van der Waals surface area contributed by atoms with E-state index < -0.39 is 0 Å². The van der Waals surface area contributed by atoms with Crippen LogP contribution in [-0.2, 0) is 28.1 Å². The lowest BCUT2D eigenvalue weighted by atomic mass is 9.85. The number of halogens is 1. The highest BCUT2D eigenvalue weighted by Crippen LogP contribution is 2.46. The lowest BCUT2D eigenvalue weighted by molar-refractivity contribution is -0.0955. The molecule has 0 bridgehead atoms. The third kappa shape index (κ3) is 4.14. The number of aromatic nitrogens is 1. The number of rotatable bonds is 5. The van der Waals surface area contributed by atoms with Gasteiger partial charge in [0.05, 0.1) is 24.1 Å². The summed E-state index contributed by atoms with van der Waals surface area (Å²) in [5.41, 5.74) is 3.51. The maximum absolute atomic E-state index is 6.37. The van der Waals surface area contributed by atoms with E-state index in [9.17, 15) is 0 Å². The molecule has 6 nitrogen and oxygen atoms in total. The molecule has 1 atom stereocenters. The Hall–Kier alpha value is -1.51. The fraction of sp³-hybridized carbons (Fsp3) is 0.565. The van der Waals surface area contributed by atoms with Crippen molar-refractivity contribution in [2.24, 2.45) is 11.0 Å². The van der Waals surface area contributed by atoms with Crippen LogP contribution >= 0.6 is 22.9 Å². The third-order valence-corrected chi connectivity index (χ3v) is 8.25. The molecule has 166 valence electrons. The van der Waals surface area contributed by atoms with Crippen molar-refractivity contribution >= 4 is 34.5 Å². The summed E-state index contributed by atoms with van der Waals surface area (Å²) in [6, 6.07) is 6.15. The van der Waals surface area contributed by atoms with Crippen molar-refractivity contribution in [3.05, 3.63) is 44.7 Å². The van der Waals surface area contributed by atoms with Crippen molar-refractivity contribution in [2.75, 3.05) is 44.9 Å². The largest absolute Gasteiger partial charge is 0.380 e. The molecule has 3 aliphatic heterocycles. The van der Waals surface area contributed by atoms with Gasteiger partial charge in [0.2, 0.25) is 0 Å². The first-order chi connectivity index (χ1) is 15.1. The molecule has 0 radical (unpaired) electrons. The summed E-state index contributed by atoms with van der Waals surface area (Å²) in [6.07, 6.45) is 4.87. The van der Waals surface area contributed by atoms with E-state index in [0.717, 1.165) is 67.8 Å². The molecule has 0 amide bonds. The van der Waals surface area contributed by atoms with E-state index in [1.807, 2.05) is 17.3 Å². The molecule has 8 heteroatoms. The molecular weight excluding hydrogens is 432 g/mol. The molecule has 0 saturated carbocycles. The van der Waals surface area contributed by atoms with Crippen LogP contribution in [0.1, 0.15) is 35.8 Å². The minimum atomic E-state index is -0.129. The molecule has 2 aromatic rings. The number of hydrazone groups is 1. The molecule has 31 heavy (non-hydrogen) atoms. The summed E-state index contributed by atoms with van der Waals surface area (Å²) < 4.78 is 12.6. The van der Waals surface area contributed by atoms with E-state index in [2.05, 4.69) is 28.9 Å². The first-order valence-corrected chi connectivity index (χ1v) is 12.2. The number of hydrogen-bond donors (Lipinski definition) is 0. The van der Waals surface area contributed by atoms with Crippen LogP contribution in [0.3, 0.4) is 0 Å². The zero-order valence-corrected chi connectivity index (χ0v) is 19.7. The molecule has 0 aliphatic carbocycles. The van der Waals surface area contributed by atoms with Gasteiger partial charge in [0, 0.05) is 55.0 Å². The zero-order chi connectivity index (χ0) is 21.4. The fourth-order valence-electron chi connectivity index (χ4n) is 5.08. The molecule has 2 aromatic heterocycles. The zero-order valence-electron chi connectivity index (χ0n) is 18.1. The summed E-state index contributed by atoms with van der Waals surface area (Å²) in [6.45, 7) is 7.45. The monoisotopic (exact) mass is 460 g/mol. The number of likely N-dealkylation sites (tertiary alicyclic amines) is 1. The minimum absolute atomic E-state index is 0.129. The van der Waals surface area contributed by atoms with Crippen LogP contribution in [-0.4, -0.2) is 55.5 Å². The van der Waals surface area contributed by atoms with E-state index >= 15 is 0 Å². The van der Waals surface area contributed by atoms with E-state index in [4.69, 9.17) is 26.2 Å². The van der Waals surface area contributed by atoms with Crippen LogP contribution in [0.5, 0.6) is 0 Å². The van der Waals surface area contributed by atoms with Gasteiger partial charge in [-0.1, -0.05) is 17.7 Å². The Kier molecular flexibility index (Phi) is 6.05. The molecule has 5 heterocycles. The molecule has 1 spiro atoms. The summed E-state index contributed by atoms with van der Waals surface area (Å²) in [4.78, 5) is 8.51. The van der Waals surface area contributed by atoms with Gasteiger partial charge >= 0.3 is 0 Å². The number of fused-ring (bicyclic) bond motifs is 2. The first-order valence-electron chi connectivity index (χ1n) is 11.0. The number of piperidine rings is 1. The van der Waals surface area contributed by atoms with Crippen LogP contribution < -0.4 is 5.01 Å². The van der Waals surface area contributed by atoms with Crippen molar-refractivity contribution in [1.82, 2.24) is 9.88 Å². The van der Waals surface area contributed by atoms with Gasteiger partial charge in [0.15, 0.2) is 5.82 Å². The first kappa shape index (κ1) is 21.3. The molecular formula is C23H29ClN4O2S. The Morgan fingerprint density at radius 1 is 1.35 bits per heavy atom. The van der Waals surface area contributed by atoms with Gasteiger partial charge in [-0.25, -0.2) is 9.99 Å². The Bertz CT molecular complexity index is 970. The van der Waals surface area contributed by atoms with Crippen molar-refractivity contribution < 1.29 is 9.47 Å². The second-order valence-electron chi connectivity index (χ2n) is 8.74. The lowest BCUT2D eigenvalue weighted by Gasteiger charge is -2.44. The van der Waals surface area contributed by atoms with Gasteiger partial charge in [-0.15, -0.1) is 11.3 Å². The number of pyridine rings is 1. The molecule has 3 aliphatic rings. The topological polar surface area (TPSA) is 50.2 Å². The van der Waals surface area contributed by atoms with Crippen molar-refractivity contribution in [3.63, 3.8) is 0 Å². The predicted octanol–water partition coefficient (Wildman–Crippen LogP) is 4.32. The molecule has 5 rings (SSSR count). The second-order valence-corrected chi connectivity index (χ2v) is 10.4. The number of anilines is 1. The second kappa shape index (κ2) is 8.79. The number of hydrogen-bond acceptors (Lipinski definition) is 7. The van der Waals surface area contributed by atoms with Gasteiger partial charge in [0.25, 0.3) is 0 Å². The molecule has 1 saturated heterocycles. The van der Waals surface area contributed by atoms with Gasteiger partial charge in [0.1, 0.15) is 5.60 Å². The van der Waals surface area contributed by atoms with Crippen LogP contribution in [0.4, 0.5) is 5.82 Å². The third-order valence-electron chi connectivity index (χ3n) is 6.76. The average molecular weight is 461 g/mol. The van der Waals surface area contributed by atoms with Crippen molar-refractivity contribution in [1.29, 1.82) is 0 Å². The normalized spacial score (nSPS) is 23.3. The number of ether oxygens (including phenoxy) is 2. The van der Waals surface area contributed by atoms with Gasteiger partial charge in [-0.05, 0) is 43.9 Å². The number of thiophene rings is 1. The summed E-state index contributed by atoms with van der Waals surface area (Å²) in [5.74, 6) is 1.31. The van der Waals surface area contributed by atoms with E-state index in [-0.39, 0.29) is 5.60 Å². The fourth-order valence-corrected chi connectivity index (χ4v) is 6.58. The number of nitrogens with zero attached hydrogens (tertiary/aromatic N) is 4. The molecule has 1 fully saturated rings. The average Bonchev–Trinajstić information content (AvgIpc) is 3.33. The van der Waals surface area contributed by atoms with E-state index in [1.165, 1.54) is 16.2 Å². The highest BCUT2D eigenvalue weighted by atomic mass is 35.5. The standard InChI is InChI=1S/C23H29ClN4O2S/c1-16-19(14-28(26-16)22-18(15-29-2)4-3-8-25-22)13-27-9-6-23(7-10-27)21-17(5-11-30-23)12-20(24)31-21/h3-4,8,12,19H,5-7,9-11,13-15H2,1-2H3. The highest BCUT2D eigenvalue weighted by molar-refractivity contribution is 7.16. The van der Waals surface area contributed by atoms with Crippen LogP contribution in [0.2, 0.25) is 4.34 Å². The Morgan fingerprint density at radius 3 is 3.00 bits per heavy atom. The summed E-state index contributed by atoms with van der Waals surface area (Å²) in [7, 11) is 1.71. The minimum Gasteiger partial charge on any atom is -0.380 e. The smallest absolute Gasteiger partial charge is 0.154 e. The molecule has 0 N–H and O–H groups in total. The van der Waals surface area contributed by atoms with Crippen LogP contribution in [0.25, 0.3) is 0 Å². The molecule has 0 aromatic carbocycles. The summed E-state index contributed by atoms with van der Waals surface area (Å²) >= 11 is 8.04. The van der Waals surface area contributed by atoms with Gasteiger partial charge in [-0.2, -0.15) is 5.10 Å². The highest BCUT2D eigenvalue weighted by Gasteiger charge is 2.43. The Morgan fingerprint density at radius 2 is 2.19 bits per heavy atom. The SMILES string of the molecule is COCc1cccnc1N1CC(CN2CCC3(CC2)OCCc2cc(Cl)sc23)C(C)=N1. The maximum Gasteiger partial charge on any atom is 0.154 e. The lowest BCUT2D eigenvalue weighted by Crippen LogP contribution is -2.47. The Balaban J connectivity index is 1.23. The van der Waals surface area contributed by atoms with Gasteiger partial charge in [-0.3, -0.25) is 0 Å². The van der Waals surface area contributed by atoms with E-state index in [0.29, 0.717) is 12.5 Å². The van der Waals surface area contributed by atoms with Crippen molar-refractivity contribution in [2.45, 2.75) is 38.4 Å². The van der Waals surface area contributed by atoms with Gasteiger partial charge < -0.3 is 14.4 Å². The van der Waals surface area contributed by atoms with Crippen LogP contribution in [0, 0.1) is 5.92 Å². The molecule has 1 unspecified atom stereocenters. The predicted molar refractivity (Wildman–Crippen MR) is 125 cm³/mol. The quantitative estimate of drug-likeness (QED) is 0.665. The number of methoxy groups -OCH3 is 1. The maximum atomic E-state index is 6.37. The van der Waals surface area contributed by atoms with Crippen molar-refractivity contribution in [3.8, 4) is 0 Å².